The summed E-state index contributed by atoms with van der Waals surface area (Å²) >= 11 is 0. The molecule has 0 spiro atoms. The molecule has 2 rings (SSSR count). The van der Waals surface area contributed by atoms with Gasteiger partial charge in [0.2, 0.25) is 0 Å². The van der Waals surface area contributed by atoms with Crippen LogP contribution in [0.2, 0.25) is 0 Å². The van der Waals surface area contributed by atoms with Crippen molar-refractivity contribution in [1.82, 2.24) is 9.97 Å². The summed E-state index contributed by atoms with van der Waals surface area (Å²) in [4.78, 5) is 7.83. The third-order valence-electron chi connectivity index (χ3n) is 3.01. The minimum Gasteiger partial charge on any atom is -0.488 e. The molecule has 0 unspecified atom stereocenters. The van der Waals surface area contributed by atoms with E-state index in [2.05, 4.69) is 16.5 Å². The van der Waals surface area contributed by atoms with Crippen LogP contribution < -0.4 is 10.5 Å². The summed E-state index contributed by atoms with van der Waals surface area (Å²) < 4.78 is 19.4. The van der Waals surface area contributed by atoms with Crippen molar-refractivity contribution in [3.05, 3.63) is 59.8 Å². The molecule has 0 saturated heterocycles. The molecule has 0 atom stereocenters. The first-order valence-electron chi connectivity index (χ1n) is 6.19. The molecular formula is C15H16FN3O. The highest BCUT2D eigenvalue weighted by Crippen LogP contribution is 2.23. The van der Waals surface area contributed by atoms with Crippen molar-refractivity contribution in [3.63, 3.8) is 0 Å². The molecule has 2 heterocycles. The molecule has 2 N–H and O–H groups in total. The zero-order valence-corrected chi connectivity index (χ0v) is 11.3. The molecule has 0 aliphatic heterocycles. The molecule has 104 valence electrons. The van der Waals surface area contributed by atoms with E-state index in [1.807, 2.05) is 6.92 Å². The van der Waals surface area contributed by atoms with Gasteiger partial charge in [-0.1, -0.05) is 12.7 Å². The Labute approximate surface area is 117 Å². The predicted molar refractivity (Wildman–Crippen MR) is 76.1 cm³/mol. The number of hydrogen-bond acceptors (Lipinski definition) is 4. The first-order chi connectivity index (χ1) is 9.63. The van der Waals surface area contributed by atoms with Crippen LogP contribution in [0.1, 0.15) is 16.7 Å². The van der Waals surface area contributed by atoms with Gasteiger partial charge in [0.15, 0.2) is 11.6 Å². The van der Waals surface area contributed by atoms with Crippen LogP contribution in [0.15, 0.2) is 37.3 Å². The lowest BCUT2D eigenvalue weighted by Gasteiger charge is -2.11. The predicted octanol–water partition coefficient (Wildman–Crippen LogP) is 2.66. The number of nitrogens with two attached hydrogens (primary N) is 1. The van der Waals surface area contributed by atoms with Crippen molar-refractivity contribution < 1.29 is 9.13 Å². The van der Waals surface area contributed by atoms with Gasteiger partial charge in [-0.05, 0) is 29.7 Å². The van der Waals surface area contributed by atoms with E-state index < -0.39 is 5.82 Å². The van der Waals surface area contributed by atoms with E-state index >= 15 is 0 Å². The van der Waals surface area contributed by atoms with E-state index in [9.17, 15) is 4.39 Å². The zero-order valence-electron chi connectivity index (χ0n) is 11.3. The summed E-state index contributed by atoms with van der Waals surface area (Å²) in [5.74, 6) is 0.0984. The van der Waals surface area contributed by atoms with Crippen molar-refractivity contribution in [2.24, 2.45) is 0 Å². The highest BCUT2D eigenvalue weighted by Gasteiger charge is 2.11. The van der Waals surface area contributed by atoms with Crippen LogP contribution in [0, 0.1) is 12.7 Å². The number of nitrogens with zero attached hydrogens (tertiary/aromatic N) is 2. The average molecular weight is 273 g/mol. The summed E-state index contributed by atoms with van der Waals surface area (Å²) in [5.41, 5.74) is 7.77. The Morgan fingerprint density at radius 1 is 1.40 bits per heavy atom. The first kappa shape index (κ1) is 14.0. The second-order valence-electron chi connectivity index (χ2n) is 4.37. The van der Waals surface area contributed by atoms with Gasteiger partial charge in [-0.25, -0.2) is 9.37 Å². The highest BCUT2D eigenvalue weighted by atomic mass is 19.1. The fraction of sp³-hybridized carbons (Fsp3) is 0.200. The van der Waals surface area contributed by atoms with Gasteiger partial charge < -0.3 is 10.5 Å². The topological polar surface area (TPSA) is 61.0 Å². The maximum atomic E-state index is 13.9. The summed E-state index contributed by atoms with van der Waals surface area (Å²) in [7, 11) is 0. The molecule has 2 aromatic heterocycles. The molecule has 4 nitrogen and oxygen atoms in total. The van der Waals surface area contributed by atoms with Crippen LogP contribution in [0.3, 0.4) is 0 Å². The molecule has 20 heavy (non-hydrogen) atoms. The number of nitrogen functional groups attached to an aromatic ring is 1. The smallest absolute Gasteiger partial charge is 0.168 e. The molecule has 0 aliphatic rings. The molecule has 0 saturated carbocycles. The van der Waals surface area contributed by atoms with Gasteiger partial charge in [0.1, 0.15) is 12.4 Å². The van der Waals surface area contributed by atoms with Gasteiger partial charge in [0.25, 0.3) is 0 Å². The third-order valence-corrected chi connectivity index (χ3v) is 3.01. The van der Waals surface area contributed by atoms with Crippen LogP contribution in [-0.4, -0.2) is 16.6 Å². The van der Waals surface area contributed by atoms with Crippen molar-refractivity contribution in [3.8, 4) is 5.75 Å². The van der Waals surface area contributed by atoms with E-state index in [4.69, 9.17) is 10.5 Å². The zero-order chi connectivity index (χ0) is 14.5. The third kappa shape index (κ3) is 2.93. The standard InChI is InChI=1S/C15H16FN3O/c1-3-6-20-13-9-18-8-12(10(13)2)7-11-4-5-19-15(17)14(11)16/h3-5,8-9H,1,6-7H2,2H3,(H2,17,19). The lowest BCUT2D eigenvalue weighted by Crippen LogP contribution is -2.03. The van der Waals surface area contributed by atoms with E-state index in [0.29, 0.717) is 24.3 Å². The van der Waals surface area contributed by atoms with Crippen LogP contribution >= 0.6 is 0 Å². The Bertz CT molecular complexity index is 629. The van der Waals surface area contributed by atoms with Gasteiger partial charge in [-0.2, -0.15) is 0 Å². The fourth-order valence-corrected chi connectivity index (χ4v) is 1.86. The van der Waals surface area contributed by atoms with Gasteiger partial charge in [0.05, 0.1) is 6.20 Å². The minimum atomic E-state index is -0.482. The number of halogens is 1. The van der Waals surface area contributed by atoms with Gasteiger partial charge in [-0.15, -0.1) is 0 Å². The Kier molecular flexibility index (Phi) is 4.30. The largest absolute Gasteiger partial charge is 0.488 e. The lowest BCUT2D eigenvalue weighted by molar-refractivity contribution is 0.358. The molecular weight excluding hydrogens is 257 g/mol. The quantitative estimate of drug-likeness (QED) is 0.851. The Morgan fingerprint density at radius 3 is 2.95 bits per heavy atom. The van der Waals surface area contributed by atoms with Crippen molar-refractivity contribution in [1.29, 1.82) is 0 Å². The summed E-state index contributed by atoms with van der Waals surface area (Å²) in [6.07, 6.45) is 6.89. The van der Waals surface area contributed by atoms with Crippen molar-refractivity contribution in [2.75, 3.05) is 12.3 Å². The van der Waals surface area contributed by atoms with Crippen molar-refractivity contribution >= 4 is 5.82 Å². The maximum Gasteiger partial charge on any atom is 0.168 e. The number of anilines is 1. The summed E-state index contributed by atoms with van der Waals surface area (Å²) in [6.45, 7) is 5.92. The SMILES string of the molecule is C=CCOc1cncc(Cc2ccnc(N)c2F)c1C. The normalized spacial score (nSPS) is 10.3. The van der Waals surface area contributed by atoms with Crippen LogP contribution in [0.5, 0.6) is 5.75 Å². The summed E-state index contributed by atoms with van der Waals surface area (Å²) in [6, 6.07) is 1.61. The second kappa shape index (κ2) is 6.14. The van der Waals surface area contributed by atoms with Crippen LogP contribution in [0.4, 0.5) is 10.2 Å². The molecule has 0 bridgehead atoms. The number of ether oxygens (including phenoxy) is 1. The summed E-state index contributed by atoms with van der Waals surface area (Å²) in [5, 5.41) is 0. The molecule has 0 radical (unpaired) electrons. The monoisotopic (exact) mass is 273 g/mol. The Morgan fingerprint density at radius 2 is 2.20 bits per heavy atom. The molecule has 0 aromatic carbocycles. The fourth-order valence-electron chi connectivity index (χ4n) is 1.86. The number of pyridine rings is 2. The van der Waals surface area contributed by atoms with Crippen LogP contribution in [0.25, 0.3) is 0 Å². The van der Waals surface area contributed by atoms with Gasteiger partial charge in [-0.3, -0.25) is 4.98 Å². The number of aromatic nitrogens is 2. The first-order valence-corrected chi connectivity index (χ1v) is 6.19. The van der Waals surface area contributed by atoms with E-state index in [1.165, 1.54) is 6.20 Å². The van der Waals surface area contributed by atoms with Crippen LogP contribution in [-0.2, 0) is 6.42 Å². The number of rotatable bonds is 5. The average Bonchev–Trinajstić information content (AvgIpc) is 2.44. The Hall–Kier alpha value is -2.43. The second-order valence-corrected chi connectivity index (χ2v) is 4.37. The number of hydrogen-bond donors (Lipinski definition) is 1. The molecule has 2 aromatic rings. The molecule has 0 fully saturated rings. The van der Waals surface area contributed by atoms with Gasteiger partial charge >= 0.3 is 0 Å². The maximum absolute atomic E-state index is 13.9. The molecule has 0 amide bonds. The van der Waals surface area contributed by atoms with E-state index in [0.717, 1.165) is 11.1 Å². The lowest BCUT2D eigenvalue weighted by atomic mass is 10.0. The van der Waals surface area contributed by atoms with Gasteiger partial charge in [0, 0.05) is 18.8 Å². The molecule has 0 aliphatic carbocycles. The van der Waals surface area contributed by atoms with Crippen molar-refractivity contribution in [2.45, 2.75) is 13.3 Å². The van der Waals surface area contributed by atoms with E-state index in [1.54, 1.807) is 24.5 Å². The Balaban J connectivity index is 2.29. The minimum absolute atomic E-state index is 0.0906. The highest BCUT2D eigenvalue weighted by molar-refractivity contribution is 5.41. The van der Waals surface area contributed by atoms with E-state index in [-0.39, 0.29) is 5.82 Å². The molecule has 5 heteroatoms.